The van der Waals surface area contributed by atoms with Crippen LogP contribution in [0.1, 0.15) is 11.1 Å². The fourth-order valence-corrected chi connectivity index (χ4v) is 1.44. The summed E-state index contributed by atoms with van der Waals surface area (Å²) in [6, 6.07) is 4.16. The molecule has 1 atom stereocenters. The molecule has 2 heteroatoms. The van der Waals surface area contributed by atoms with Crippen molar-refractivity contribution in [3.63, 3.8) is 0 Å². The van der Waals surface area contributed by atoms with Crippen LogP contribution in [0.15, 0.2) is 12.1 Å². The van der Waals surface area contributed by atoms with Crippen molar-refractivity contribution in [1.29, 1.82) is 0 Å². The highest BCUT2D eigenvalue weighted by atomic mass is 31.0. The maximum absolute atomic E-state index is 5.16. The molecule has 0 amide bonds. The molecule has 1 rings (SSSR count). The van der Waals surface area contributed by atoms with Gasteiger partial charge in [0.1, 0.15) is 5.75 Å². The molecule has 1 aromatic carbocycles. The van der Waals surface area contributed by atoms with Gasteiger partial charge < -0.3 is 4.74 Å². The van der Waals surface area contributed by atoms with Crippen LogP contribution in [0, 0.1) is 13.8 Å². The molecule has 1 unspecified atom stereocenters. The lowest BCUT2D eigenvalue weighted by Gasteiger charge is -2.07. The summed E-state index contributed by atoms with van der Waals surface area (Å²) >= 11 is 0. The lowest BCUT2D eigenvalue weighted by molar-refractivity contribution is 0.418. The zero-order valence-electron chi connectivity index (χ0n) is 7.14. The molecule has 11 heavy (non-hydrogen) atoms. The molecule has 1 aromatic rings. The molecule has 0 aliphatic carbocycles. The van der Waals surface area contributed by atoms with Crippen molar-refractivity contribution in [1.82, 2.24) is 0 Å². The predicted molar refractivity (Wildman–Crippen MR) is 51.8 cm³/mol. The summed E-state index contributed by atoms with van der Waals surface area (Å²) in [5.41, 5.74) is 2.57. The summed E-state index contributed by atoms with van der Waals surface area (Å²) in [5.74, 6) is 0.943. The van der Waals surface area contributed by atoms with Crippen molar-refractivity contribution in [2.24, 2.45) is 0 Å². The van der Waals surface area contributed by atoms with Gasteiger partial charge in [-0.25, -0.2) is 0 Å². The first kappa shape index (κ1) is 8.55. The Morgan fingerprint density at radius 1 is 1.18 bits per heavy atom. The van der Waals surface area contributed by atoms with Crippen LogP contribution in [0.5, 0.6) is 5.75 Å². The average molecular weight is 168 g/mol. The monoisotopic (exact) mass is 168 g/mol. The Kier molecular flexibility index (Phi) is 2.51. The first-order valence-corrected chi connectivity index (χ1v) is 4.13. The van der Waals surface area contributed by atoms with Crippen LogP contribution in [-0.4, -0.2) is 7.11 Å². The lowest BCUT2D eigenvalue weighted by Crippen LogP contribution is -2.00. The van der Waals surface area contributed by atoms with Gasteiger partial charge in [0, 0.05) is 5.30 Å². The Morgan fingerprint density at radius 2 is 1.73 bits per heavy atom. The van der Waals surface area contributed by atoms with Crippen LogP contribution in [0.4, 0.5) is 0 Å². The fourth-order valence-electron chi connectivity index (χ4n) is 0.989. The van der Waals surface area contributed by atoms with Gasteiger partial charge in [-0.2, -0.15) is 0 Å². The van der Waals surface area contributed by atoms with Crippen molar-refractivity contribution in [3.05, 3.63) is 23.3 Å². The van der Waals surface area contributed by atoms with E-state index in [1.54, 1.807) is 7.11 Å². The Labute approximate surface area is 70.0 Å². The Bertz CT molecular complexity index is 269. The molecule has 0 aromatic heterocycles. The van der Waals surface area contributed by atoms with Crippen LogP contribution >= 0.6 is 9.24 Å². The third-order valence-corrected chi connectivity index (χ3v) is 2.30. The van der Waals surface area contributed by atoms with Crippen LogP contribution in [0.25, 0.3) is 0 Å². The number of methoxy groups -OCH3 is 1. The van der Waals surface area contributed by atoms with Gasteiger partial charge in [0.25, 0.3) is 0 Å². The summed E-state index contributed by atoms with van der Waals surface area (Å²) in [6.07, 6.45) is 0. The number of benzene rings is 1. The van der Waals surface area contributed by atoms with Crippen molar-refractivity contribution in [2.75, 3.05) is 7.11 Å². The third-order valence-electron chi connectivity index (χ3n) is 1.85. The minimum absolute atomic E-state index is 0.943. The van der Waals surface area contributed by atoms with Gasteiger partial charge in [0.15, 0.2) is 0 Å². The minimum Gasteiger partial charge on any atom is -0.496 e. The highest BCUT2D eigenvalue weighted by Gasteiger charge is 1.99. The fraction of sp³-hybridized carbons (Fsp3) is 0.333. The quantitative estimate of drug-likeness (QED) is 0.581. The predicted octanol–water partition coefficient (Wildman–Crippen LogP) is 1.81. The van der Waals surface area contributed by atoms with Gasteiger partial charge >= 0.3 is 0 Å². The number of hydrogen-bond donors (Lipinski definition) is 0. The summed E-state index contributed by atoms with van der Waals surface area (Å²) in [5, 5.41) is 1.12. The summed E-state index contributed by atoms with van der Waals surface area (Å²) in [4.78, 5) is 0. The van der Waals surface area contributed by atoms with Crippen LogP contribution in [-0.2, 0) is 0 Å². The number of rotatable bonds is 1. The van der Waals surface area contributed by atoms with E-state index < -0.39 is 0 Å². The van der Waals surface area contributed by atoms with E-state index in [1.807, 2.05) is 0 Å². The highest BCUT2D eigenvalue weighted by Crippen LogP contribution is 2.15. The van der Waals surface area contributed by atoms with Crippen molar-refractivity contribution in [3.8, 4) is 5.75 Å². The maximum atomic E-state index is 5.16. The topological polar surface area (TPSA) is 9.23 Å². The van der Waals surface area contributed by atoms with E-state index in [4.69, 9.17) is 4.74 Å². The normalized spacial score (nSPS) is 9.82. The number of hydrogen-bond acceptors (Lipinski definition) is 1. The van der Waals surface area contributed by atoms with E-state index in [2.05, 4.69) is 35.2 Å². The lowest BCUT2D eigenvalue weighted by atomic mass is 10.1. The molecule has 0 spiro atoms. The molecule has 0 bridgehead atoms. The SMILES string of the molecule is COc1cc(C)c(C)cc1P. The maximum Gasteiger partial charge on any atom is 0.126 e. The zero-order chi connectivity index (χ0) is 8.43. The van der Waals surface area contributed by atoms with E-state index >= 15 is 0 Å². The molecular weight excluding hydrogens is 155 g/mol. The smallest absolute Gasteiger partial charge is 0.126 e. The molecular formula is C9H13OP. The van der Waals surface area contributed by atoms with Gasteiger partial charge in [-0.1, -0.05) is 0 Å². The number of ether oxygens (including phenoxy) is 1. The van der Waals surface area contributed by atoms with E-state index in [9.17, 15) is 0 Å². The van der Waals surface area contributed by atoms with Gasteiger partial charge in [-0.3, -0.25) is 0 Å². The van der Waals surface area contributed by atoms with E-state index in [-0.39, 0.29) is 0 Å². The molecule has 0 aliphatic rings. The zero-order valence-corrected chi connectivity index (χ0v) is 8.29. The molecule has 0 aliphatic heterocycles. The minimum atomic E-state index is 0.943. The molecule has 0 fully saturated rings. The molecule has 0 N–H and O–H groups in total. The number of aryl methyl sites for hydroxylation is 2. The summed E-state index contributed by atoms with van der Waals surface area (Å²) in [7, 11) is 4.36. The van der Waals surface area contributed by atoms with Crippen molar-refractivity contribution >= 4 is 14.5 Å². The molecule has 60 valence electrons. The first-order chi connectivity index (χ1) is 5.15. The molecule has 0 saturated heterocycles. The van der Waals surface area contributed by atoms with Crippen LogP contribution in [0.3, 0.4) is 0 Å². The van der Waals surface area contributed by atoms with E-state index in [0.29, 0.717) is 0 Å². The van der Waals surface area contributed by atoms with E-state index in [1.165, 1.54) is 11.1 Å². The molecule has 0 radical (unpaired) electrons. The van der Waals surface area contributed by atoms with Gasteiger partial charge in [0.05, 0.1) is 7.11 Å². The second kappa shape index (κ2) is 3.23. The van der Waals surface area contributed by atoms with Gasteiger partial charge in [0.2, 0.25) is 0 Å². The third kappa shape index (κ3) is 1.72. The first-order valence-electron chi connectivity index (χ1n) is 3.56. The van der Waals surface area contributed by atoms with Crippen molar-refractivity contribution < 1.29 is 4.74 Å². The largest absolute Gasteiger partial charge is 0.496 e. The Balaban J connectivity index is 3.21. The molecule has 0 heterocycles. The average Bonchev–Trinajstić information content (AvgIpc) is 1.97. The second-order valence-electron chi connectivity index (χ2n) is 2.68. The standard InChI is InChI=1S/C9H13OP/c1-6-4-8(10-3)9(11)5-7(6)2/h4-5H,11H2,1-3H3. The second-order valence-corrected chi connectivity index (χ2v) is 3.30. The summed E-state index contributed by atoms with van der Waals surface area (Å²) in [6.45, 7) is 4.18. The highest BCUT2D eigenvalue weighted by molar-refractivity contribution is 7.27. The van der Waals surface area contributed by atoms with Gasteiger partial charge in [-0.05, 0) is 37.1 Å². The molecule has 1 nitrogen and oxygen atoms in total. The van der Waals surface area contributed by atoms with Crippen LogP contribution < -0.4 is 10.0 Å². The molecule has 0 saturated carbocycles. The van der Waals surface area contributed by atoms with Crippen molar-refractivity contribution in [2.45, 2.75) is 13.8 Å². The Morgan fingerprint density at radius 3 is 2.27 bits per heavy atom. The van der Waals surface area contributed by atoms with Crippen LogP contribution in [0.2, 0.25) is 0 Å². The summed E-state index contributed by atoms with van der Waals surface area (Å²) < 4.78 is 5.16. The Hall–Kier alpha value is -0.550. The van der Waals surface area contributed by atoms with E-state index in [0.717, 1.165) is 11.1 Å². The van der Waals surface area contributed by atoms with Gasteiger partial charge in [-0.15, -0.1) is 9.24 Å².